The molecule has 0 heterocycles. The first-order valence-corrected chi connectivity index (χ1v) is 14.9. The quantitative estimate of drug-likeness (QED) is 0.172. The van der Waals surface area contributed by atoms with Crippen molar-refractivity contribution in [3.05, 3.63) is 29.8 Å². The summed E-state index contributed by atoms with van der Waals surface area (Å²) in [5, 5.41) is 27.1. The van der Waals surface area contributed by atoms with Crippen molar-refractivity contribution >= 4 is 24.2 Å². The number of halogens is 1. The fourth-order valence-corrected chi connectivity index (χ4v) is 5.43. The first-order valence-electron chi connectivity index (χ1n) is 14.9. The highest BCUT2D eigenvalue weighted by Gasteiger charge is 2.41. The highest BCUT2D eigenvalue weighted by molar-refractivity contribution is 5.96. The van der Waals surface area contributed by atoms with E-state index < -0.39 is 23.7 Å². The van der Waals surface area contributed by atoms with E-state index in [0.29, 0.717) is 37.5 Å². The minimum atomic E-state index is -0.930. The summed E-state index contributed by atoms with van der Waals surface area (Å²) in [7, 11) is 1.67. The molecule has 236 valence electrons. The largest absolute Gasteiger partial charge is 0.493 e. The Morgan fingerprint density at radius 1 is 1.07 bits per heavy atom. The number of hydrogen-bond acceptors (Lipinski definition) is 7. The van der Waals surface area contributed by atoms with E-state index in [-0.39, 0.29) is 48.5 Å². The fraction of sp³-hybridized carbons (Fsp3) is 0.742. The van der Waals surface area contributed by atoms with E-state index >= 15 is 0 Å². The van der Waals surface area contributed by atoms with Crippen molar-refractivity contribution in [1.82, 2.24) is 10.6 Å². The fourth-order valence-electron chi connectivity index (χ4n) is 5.43. The number of carbonyl (C=O) groups is 2. The molecule has 0 bridgehead atoms. The number of rotatable bonds is 17. The number of amides is 2. The number of nitrogens with one attached hydrogen (secondary N) is 2. The number of ether oxygens (including phenoxy) is 2. The second-order valence-corrected chi connectivity index (χ2v) is 12.1. The molecule has 5 unspecified atom stereocenters. The lowest BCUT2D eigenvalue weighted by molar-refractivity contribution is -0.137. The molecule has 2 amide bonds. The standard InChI is InChI=1S/C31H53N3O6.ClH/c1-21(2)22(19-33-29(37)23-12-6-9-15-28(23)40-17-11-10-16-39-5)18-25(32)27(36)20-34-30(38)31(3,4)24-13-7-8-14-26(24)35;/h6,9,12,15,21-22,24-27,35-36H,7-8,10-11,13-14,16-20,32H2,1-5H3,(H,33,37)(H,34,38);1H. The second-order valence-electron chi connectivity index (χ2n) is 12.1. The summed E-state index contributed by atoms with van der Waals surface area (Å²) in [6.45, 7) is 9.46. The molecule has 1 aliphatic rings. The van der Waals surface area contributed by atoms with Crippen LogP contribution in [-0.2, 0) is 9.53 Å². The first-order chi connectivity index (χ1) is 19.0. The molecular weight excluding hydrogens is 546 g/mol. The molecular formula is C31H54ClN3O6. The maximum absolute atomic E-state index is 13.0. The van der Waals surface area contributed by atoms with Crippen LogP contribution < -0.4 is 21.1 Å². The smallest absolute Gasteiger partial charge is 0.255 e. The van der Waals surface area contributed by atoms with E-state index in [1.54, 1.807) is 19.2 Å². The summed E-state index contributed by atoms with van der Waals surface area (Å²) in [4.78, 5) is 26.0. The third-order valence-corrected chi connectivity index (χ3v) is 8.38. The number of benzene rings is 1. The van der Waals surface area contributed by atoms with Crippen LogP contribution in [0.5, 0.6) is 5.75 Å². The summed E-state index contributed by atoms with van der Waals surface area (Å²) in [5.74, 6) is 0.285. The number of hydrogen-bond donors (Lipinski definition) is 5. The van der Waals surface area contributed by atoms with E-state index in [2.05, 4.69) is 24.5 Å². The molecule has 0 aromatic heterocycles. The zero-order valence-electron chi connectivity index (χ0n) is 25.6. The number of carbonyl (C=O) groups excluding carboxylic acids is 2. The van der Waals surface area contributed by atoms with Crippen molar-refractivity contribution in [3.8, 4) is 5.75 Å². The molecule has 1 aromatic rings. The molecule has 0 aliphatic heterocycles. The van der Waals surface area contributed by atoms with Crippen LogP contribution in [0.3, 0.4) is 0 Å². The molecule has 2 rings (SSSR count). The first kappa shape index (κ1) is 37.1. The zero-order valence-corrected chi connectivity index (χ0v) is 26.4. The third kappa shape index (κ3) is 11.7. The van der Waals surface area contributed by atoms with Gasteiger partial charge in [-0.15, -0.1) is 12.4 Å². The molecule has 1 aliphatic carbocycles. The summed E-state index contributed by atoms with van der Waals surface area (Å²) >= 11 is 0. The van der Waals surface area contributed by atoms with Crippen LogP contribution >= 0.6 is 12.4 Å². The minimum absolute atomic E-state index is 0. The second kappa shape index (κ2) is 18.6. The Labute approximate surface area is 252 Å². The van der Waals surface area contributed by atoms with Crippen LogP contribution in [0.15, 0.2) is 24.3 Å². The monoisotopic (exact) mass is 599 g/mol. The highest BCUT2D eigenvalue weighted by Crippen LogP contribution is 2.38. The Balaban J connectivity index is 0.00000840. The van der Waals surface area contributed by atoms with Crippen LogP contribution in [0.2, 0.25) is 0 Å². The maximum atomic E-state index is 13.0. The van der Waals surface area contributed by atoms with Crippen molar-refractivity contribution in [2.24, 2.45) is 28.9 Å². The van der Waals surface area contributed by atoms with Crippen molar-refractivity contribution < 1.29 is 29.3 Å². The Hall–Kier alpha value is -1.91. The molecule has 1 aromatic carbocycles. The lowest BCUT2D eigenvalue weighted by atomic mass is 9.69. The average molecular weight is 600 g/mol. The van der Waals surface area contributed by atoms with Gasteiger partial charge in [0.25, 0.3) is 5.91 Å². The third-order valence-electron chi connectivity index (χ3n) is 8.38. The molecule has 0 saturated heterocycles. The average Bonchev–Trinajstić information content (AvgIpc) is 2.93. The Kier molecular flexibility index (Phi) is 16.8. The summed E-state index contributed by atoms with van der Waals surface area (Å²) < 4.78 is 10.9. The molecule has 0 radical (unpaired) electrons. The van der Waals surface area contributed by atoms with Gasteiger partial charge in [0, 0.05) is 38.3 Å². The van der Waals surface area contributed by atoms with Crippen molar-refractivity contribution in [2.75, 3.05) is 33.4 Å². The van der Waals surface area contributed by atoms with Crippen molar-refractivity contribution in [1.29, 1.82) is 0 Å². The van der Waals surface area contributed by atoms with Gasteiger partial charge in [0.05, 0.1) is 24.4 Å². The van der Waals surface area contributed by atoms with Gasteiger partial charge in [-0.1, -0.05) is 52.7 Å². The lowest BCUT2D eigenvalue weighted by Crippen LogP contribution is -2.51. The van der Waals surface area contributed by atoms with Gasteiger partial charge in [-0.3, -0.25) is 9.59 Å². The van der Waals surface area contributed by atoms with Crippen molar-refractivity contribution in [3.63, 3.8) is 0 Å². The van der Waals surface area contributed by atoms with Crippen LogP contribution in [0, 0.1) is 23.2 Å². The summed E-state index contributed by atoms with van der Waals surface area (Å²) in [6, 6.07) is 6.62. The van der Waals surface area contributed by atoms with Gasteiger partial charge in [0.15, 0.2) is 0 Å². The van der Waals surface area contributed by atoms with Gasteiger partial charge < -0.3 is 36.1 Å². The SMILES string of the molecule is COCCCCOc1ccccc1C(=O)NCC(CC(N)C(O)CNC(=O)C(C)(C)C1CCCCC1O)C(C)C.Cl. The highest BCUT2D eigenvalue weighted by atomic mass is 35.5. The number of nitrogens with two attached hydrogens (primary N) is 1. The maximum Gasteiger partial charge on any atom is 0.255 e. The normalized spacial score (nSPS) is 19.5. The predicted octanol–water partition coefficient (Wildman–Crippen LogP) is 3.69. The number of aliphatic hydroxyl groups is 2. The van der Waals surface area contributed by atoms with Gasteiger partial charge in [-0.2, -0.15) is 0 Å². The molecule has 0 spiro atoms. The van der Waals surface area contributed by atoms with Crippen molar-refractivity contribution in [2.45, 2.75) is 90.9 Å². The number of para-hydroxylation sites is 1. The van der Waals surface area contributed by atoms with Crippen LogP contribution in [0.4, 0.5) is 0 Å². The van der Waals surface area contributed by atoms with Crippen LogP contribution in [0.1, 0.15) is 83.0 Å². The molecule has 10 heteroatoms. The van der Waals surface area contributed by atoms with Gasteiger partial charge in [0.1, 0.15) is 5.75 Å². The summed E-state index contributed by atoms with van der Waals surface area (Å²) in [6.07, 6.45) is 4.31. The van der Waals surface area contributed by atoms with E-state index in [4.69, 9.17) is 15.2 Å². The van der Waals surface area contributed by atoms with E-state index in [0.717, 1.165) is 38.5 Å². The Morgan fingerprint density at radius 2 is 1.73 bits per heavy atom. The molecule has 5 atom stereocenters. The van der Waals surface area contributed by atoms with Crippen LogP contribution in [0.25, 0.3) is 0 Å². The molecule has 9 nitrogen and oxygen atoms in total. The number of aliphatic hydroxyl groups excluding tert-OH is 2. The molecule has 1 saturated carbocycles. The van der Waals surface area contributed by atoms with Gasteiger partial charge in [-0.05, 0) is 62.0 Å². The topological polar surface area (TPSA) is 143 Å². The minimum Gasteiger partial charge on any atom is -0.493 e. The number of methoxy groups -OCH3 is 1. The zero-order chi connectivity index (χ0) is 29.7. The summed E-state index contributed by atoms with van der Waals surface area (Å²) in [5.41, 5.74) is 6.11. The van der Waals surface area contributed by atoms with E-state index in [9.17, 15) is 19.8 Å². The van der Waals surface area contributed by atoms with Gasteiger partial charge in [-0.25, -0.2) is 0 Å². The Bertz CT molecular complexity index is 916. The van der Waals surface area contributed by atoms with Gasteiger partial charge >= 0.3 is 0 Å². The Morgan fingerprint density at radius 3 is 2.39 bits per heavy atom. The van der Waals surface area contributed by atoms with E-state index in [1.807, 2.05) is 26.0 Å². The van der Waals surface area contributed by atoms with E-state index in [1.165, 1.54) is 0 Å². The lowest BCUT2D eigenvalue weighted by Gasteiger charge is -2.39. The molecule has 41 heavy (non-hydrogen) atoms. The molecule has 6 N–H and O–H groups in total. The van der Waals surface area contributed by atoms with Gasteiger partial charge in [0.2, 0.25) is 5.91 Å². The molecule has 1 fully saturated rings. The number of unbranched alkanes of at least 4 members (excludes halogenated alkanes) is 1. The predicted molar refractivity (Wildman–Crippen MR) is 164 cm³/mol. The van der Waals surface area contributed by atoms with Crippen LogP contribution in [-0.4, -0.2) is 73.7 Å².